The van der Waals surface area contributed by atoms with Gasteiger partial charge in [-0.3, -0.25) is 0 Å². The standard InChI is InChI=1S/C21H18F2N6/c1-4-6-17(23)16(13(3)22)10-29-11-26-19-18(27-21(25)28-20(19)29)15-8-5-7-14(9-24)12(15)2/h4-8,11H,1,10H2,2-3H3,(H2,25,27,28)/b16-13+,17-6+. The molecule has 8 heteroatoms. The van der Waals surface area contributed by atoms with Crippen molar-refractivity contribution in [3.8, 4) is 17.3 Å². The van der Waals surface area contributed by atoms with E-state index in [1.807, 2.05) is 0 Å². The fourth-order valence-corrected chi connectivity index (χ4v) is 3.00. The van der Waals surface area contributed by atoms with Crippen molar-refractivity contribution in [2.45, 2.75) is 20.4 Å². The predicted molar refractivity (Wildman–Crippen MR) is 108 cm³/mol. The summed E-state index contributed by atoms with van der Waals surface area (Å²) in [6.07, 6.45) is 3.76. The van der Waals surface area contributed by atoms with Gasteiger partial charge in [-0.05, 0) is 31.6 Å². The Hall–Kier alpha value is -3.86. The van der Waals surface area contributed by atoms with E-state index in [0.717, 1.165) is 11.6 Å². The molecule has 0 amide bonds. The Morgan fingerprint density at radius 3 is 2.76 bits per heavy atom. The van der Waals surface area contributed by atoms with Crippen molar-refractivity contribution in [1.29, 1.82) is 5.26 Å². The molecule has 0 atom stereocenters. The summed E-state index contributed by atoms with van der Waals surface area (Å²) in [6, 6.07) is 7.38. The first kappa shape index (κ1) is 19.9. The first-order valence-corrected chi connectivity index (χ1v) is 8.69. The molecule has 3 aromatic rings. The molecule has 0 aliphatic carbocycles. The number of hydrogen-bond donors (Lipinski definition) is 1. The van der Waals surface area contributed by atoms with Crippen LogP contribution in [-0.2, 0) is 6.54 Å². The van der Waals surface area contributed by atoms with Crippen molar-refractivity contribution in [2.24, 2.45) is 0 Å². The van der Waals surface area contributed by atoms with Gasteiger partial charge in [0.2, 0.25) is 5.95 Å². The number of nitrogen functional groups attached to an aromatic ring is 1. The highest BCUT2D eigenvalue weighted by Crippen LogP contribution is 2.30. The van der Waals surface area contributed by atoms with Crippen LogP contribution in [0.1, 0.15) is 18.1 Å². The second-order valence-electron chi connectivity index (χ2n) is 6.33. The van der Waals surface area contributed by atoms with Crippen molar-refractivity contribution in [1.82, 2.24) is 19.5 Å². The Morgan fingerprint density at radius 2 is 2.10 bits per heavy atom. The number of allylic oxidation sites excluding steroid dienone is 5. The average molecular weight is 392 g/mol. The molecule has 0 bridgehead atoms. The number of nitriles is 1. The minimum Gasteiger partial charge on any atom is -0.368 e. The molecule has 6 nitrogen and oxygen atoms in total. The van der Waals surface area contributed by atoms with Crippen molar-refractivity contribution in [3.63, 3.8) is 0 Å². The Morgan fingerprint density at radius 1 is 1.34 bits per heavy atom. The van der Waals surface area contributed by atoms with Crippen LogP contribution < -0.4 is 5.73 Å². The van der Waals surface area contributed by atoms with Gasteiger partial charge in [0.05, 0.1) is 24.5 Å². The van der Waals surface area contributed by atoms with Crippen molar-refractivity contribution in [3.05, 3.63) is 71.6 Å². The third kappa shape index (κ3) is 3.75. The number of halogens is 2. The summed E-state index contributed by atoms with van der Waals surface area (Å²) in [7, 11) is 0. The topological polar surface area (TPSA) is 93.4 Å². The van der Waals surface area contributed by atoms with E-state index in [1.54, 1.807) is 25.1 Å². The Balaban J connectivity index is 2.19. The van der Waals surface area contributed by atoms with Gasteiger partial charge < -0.3 is 10.3 Å². The molecule has 0 saturated heterocycles. The van der Waals surface area contributed by atoms with E-state index in [2.05, 4.69) is 27.6 Å². The molecule has 2 heterocycles. The monoisotopic (exact) mass is 392 g/mol. The Labute approximate surface area is 166 Å². The first-order chi connectivity index (χ1) is 13.9. The number of nitrogens with zero attached hydrogens (tertiary/aromatic N) is 5. The lowest BCUT2D eigenvalue weighted by Gasteiger charge is -2.10. The smallest absolute Gasteiger partial charge is 0.222 e. The molecule has 2 N–H and O–H groups in total. The molecule has 0 saturated carbocycles. The van der Waals surface area contributed by atoms with Crippen LogP contribution in [0.5, 0.6) is 0 Å². The van der Waals surface area contributed by atoms with Crippen LogP contribution in [0.25, 0.3) is 22.4 Å². The summed E-state index contributed by atoms with van der Waals surface area (Å²) in [5.74, 6) is -1.41. The van der Waals surface area contributed by atoms with Gasteiger partial charge in [0.25, 0.3) is 0 Å². The maximum Gasteiger partial charge on any atom is 0.222 e. The van der Waals surface area contributed by atoms with E-state index in [0.29, 0.717) is 28.0 Å². The molecule has 0 radical (unpaired) electrons. The molecule has 0 spiro atoms. The average Bonchev–Trinajstić information content (AvgIpc) is 3.08. The lowest BCUT2D eigenvalue weighted by molar-refractivity contribution is 0.570. The number of anilines is 1. The number of nitrogens with two attached hydrogens (primary N) is 1. The van der Waals surface area contributed by atoms with Crippen LogP contribution in [0.4, 0.5) is 14.7 Å². The van der Waals surface area contributed by atoms with Crippen molar-refractivity contribution < 1.29 is 8.78 Å². The highest BCUT2D eigenvalue weighted by Gasteiger charge is 2.18. The molecular weight excluding hydrogens is 374 g/mol. The summed E-state index contributed by atoms with van der Waals surface area (Å²) >= 11 is 0. The van der Waals surface area contributed by atoms with Gasteiger partial charge in [-0.15, -0.1) is 0 Å². The van der Waals surface area contributed by atoms with Crippen LogP contribution in [0, 0.1) is 18.3 Å². The van der Waals surface area contributed by atoms with Gasteiger partial charge in [-0.25, -0.2) is 18.7 Å². The molecular formula is C21H18F2N6. The van der Waals surface area contributed by atoms with Gasteiger partial charge in [-0.2, -0.15) is 10.2 Å². The second-order valence-corrected chi connectivity index (χ2v) is 6.33. The summed E-state index contributed by atoms with van der Waals surface area (Å²) in [4.78, 5) is 12.8. The maximum atomic E-state index is 14.2. The largest absolute Gasteiger partial charge is 0.368 e. The minimum absolute atomic E-state index is 0.0133. The Bertz CT molecular complexity index is 1210. The lowest BCUT2D eigenvalue weighted by Crippen LogP contribution is -2.05. The van der Waals surface area contributed by atoms with Crippen LogP contribution in [0.15, 0.2) is 60.5 Å². The summed E-state index contributed by atoms with van der Waals surface area (Å²) < 4.78 is 29.7. The van der Waals surface area contributed by atoms with E-state index >= 15 is 0 Å². The number of rotatable bonds is 5. The molecule has 0 fully saturated rings. The van der Waals surface area contributed by atoms with E-state index in [9.17, 15) is 14.0 Å². The molecule has 146 valence electrons. The molecule has 2 aromatic heterocycles. The highest BCUT2D eigenvalue weighted by molar-refractivity contribution is 5.89. The zero-order valence-corrected chi connectivity index (χ0v) is 15.9. The van der Waals surface area contributed by atoms with E-state index in [4.69, 9.17) is 5.73 Å². The second kappa shape index (κ2) is 8.02. The quantitative estimate of drug-likeness (QED) is 0.644. The Kier molecular flexibility index (Phi) is 5.50. The van der Waals surface area contributed by atoms with Crippen molar-refractivity contribution in [2.75, 3.05) is 5.73 Å². The summed E-state index contributed by atoms with van der Waals surface area (Å²) in [5.41, 5.74) is 8.86. The van der Waals surface area contributed by atoms with Crippen LogP contribution in [0.3, 0.4) is 0 Å². The fraction of sp³-hybridized carbons (Fsp3) is 0.143. The van der Waals surface area contributed by atoms with Gasteiger partial charge in [-0.1, -0.05) is 24.8 Å². The molecule has 0 unspecified atom stereocenters. The summed E-state index contributed by atoms with van der Waals surface area (Å²) in [6.45, 7) is 6.27. The fourth-order valence-electron chi connectivity index (χ4n) is 3.00. The molecule has 0 aliphatic heterocycles. The van der Waals surface area contributed by atoms with Crippen LogP contribution in [0.2, 0.25) is 0 Å². The van der Waals surface area contributed by atoms with Crippen LogP contribution in [-0.4, -0.2) is 19.5 Å². The molecule has 29 heavy (non-hydrogen) atoms. The van der Waals surface area contributed by atoms with Crippen molar-refractivity contribution >= 4 is 17.1 Å². The van der Waals surface area contributed by atoms with Gasteiger partial charge in [0, 0.05) is 11.1 Å². The minimum atomic E-state index is -0.735. The zero-order valence-electron chi connectivity index (χ0n) is 15.9. The third-order valence-electron chi connectivity index (χ3n) is 4.49. The van der Waals surface area contributed by atoms with E-state index in [1.165, 1.54) is 23.9 Å². The molecule has 0 aliphatic rings. The normalized spacial score (nSPS) is 12.6. The van der Waals surface area contributed by atoms with E-state index in [-0.39, 0.29) is 18.1 Å². The third-order valence-corrected chi connectivity index (χ3v) is 4.49. The predicted octanol–water partition coefficient (Wildman–Crippen LogP) is 4.54. The van der Waals surface area contributed by atoms with Gasteiger partial charge in [0.15, 0.2) is 5.65 Å². The molecule has 1 aromatic carbocycles. The number of imidazole rings is 1. The van der Waals surface area contributed by atoms with E-state index < -0.39 is 11.7 Å². The van der Waals surface area contributed by atoms with Crippen LogP contribution >= 0.6 is 0 Å². The van der Waals surface area contributed by atoms with Gasteiger partial charge >= 0.3 is 0 Å². The maximum absolute atomic E-state index is 14.2. The first-order valence-electron chi connectivity index (χ1n) is 8.69. The number of benzene rings is 1. The number of aromatic nitrogens is 4. The highest BCUT2D eigenvalue weighted by atomic mass is 19.1. The zero-order chi connectivity index (χ0) is 21.1. The number of hydrogen-bond acceptors (Lipinski definition) is 5. The van der Waals surface area contributed by atoms with Gasteiger partial charge in [0.1, 0.15) is 22.9 Å². The number of fused-ring (bicyclic) bond motifs is 1. The lowest BCUT2D eigenvalue weighted by atomic mass is 10.00. The molecule has 3 rings (SSSR count). The summed E-state index contributed by atoms with van der Waals surface area (Å²) in [5, 5.41) is 9.29. The SMILES string of the molecule is C=C/C=C(F)\C(Cn1cnc2c(-c3cccc(C#N)c3C)nc(N)nc21)=C(/C)F.